The Kier molecular flexibility index (Phi) is 12.8. The van der Waals surface area contributed by atoms with E-state index in [2.05, 4.69) is 15.6 Å². The zero-order valence-electron chi connectivity index (χ0n) is 26.9. The topological polar surface area (TPSA) is 173 Å². The Balaban J connectivity index is 1.17. The molecule has 0 aliphatic carbocycles. The van der Waals surface area contributed by atoms with Gasteiger partial charge in [-0.2, -0.15) is 0 Å². The van der Waals surface area contributed by atoms with Crippen LogP contribution >= 0.6 is 11.8 Å². The number of para-hydroxylation sites is 2. The van der Waals surface area contributed by atoms with E-state index >= 15 is 0 Å². The van der Waals surface area contributed by atoms with Gasteiger partial charge < -0.3 is 36.1 Å². The summed E-state index contributed by atoms with van der Waals surface area (Å²) in [5.41, 5.74) is 10.2. The van der Waals surface area contributed by atoms with Gasteiger partial charge in [-0.25, -0.2) is 9.78 Å². The molecule has 0 bridgehead atoms. The van der Waals surface area contributed by atoms with Crippen LogP contribution in [0.25, 0.3) is 0 Å². The van der Waals surface area contributed by atoms with Crippen molar-refractivity contribution in [2.45, 2.75) is 68.7 Å². The molecule has 5 rings (SSSR count). The van der Waals surface area contributed by atoms with E-state index in [4.69, 9.17) is 15.2 Å². The van der Waals surface area contributed by atoms with Crippen molar-refractivity contribution in [3.05, 3.63) is 113 Å². The molecular weight excluding hydrogens is 644 g/mol. The zero-order chi connectivity index (χ0) is 34.6. The second-order valence-corrected chi connectivity index (χ2v) is 12.7. The quantitative estimate of drug-likeness (QED) is 0.0514. The number of amides is 2. The summed E-state index contributed by atoms with van der Waals surface area (Å²) < 4.78 is 12.8. The van der Waals surface area contributed by atoms with Gasteiger partial charge in [0.25, 0.3) is 0 Å². The Morgan fingerprint density at radius 2 is 1.61 bits per heavy atom. The third-order valence-corrected chi connectivity index (χ3v) is 9.14. The maximum Gasteiger partial charge on any atom is 0.338 e. The Labute approximate surface area is 289 Å². The highest BCUT2D eigenvalue weighted by molar-refractivity contribution is 7.99. The number of hydrogen-bond acceptors (Lipinski definition) is 9. The largest absolute Gasteiger partial charge is 0.478 e. The number of ether oxygens (including phenoxy) is 2. The average molecular weight is 685 g/mol. The van der Waals surface area contributed by atoms with Crippen LogP contribution in [0, 0.1) is 0 Å². The summed E-state index contributed by atoms with van der Waals surface area (Å²) in [6, 6.07) is 25.1. The molecule has 3 atom stereocenters. The van der Waals surface area contributed by atoms with Gasteiger partial charge in [0.05, 0.1) is 35.8 Å². The van der Waals surface area contributed by atoms with Crippen molar-refractivity contribution in [2.75, 3.05) is 22.1 Å². The maximum atomic E-state index is 12.8. The van der Waals surface area contributed by atoms with Gasteiger partial charge in [0.1, 0.15) is 5.03 Å². The summed E-state index contributed by atoms with van der Waals surface area (Å²) in [5, 5.41) is 25.3. The van der Waals surface area contributed by atoms with Crippen molar-refractivity contribution in [3.8, 4) is 0 Å². The van der Waals surface area contributed by atoms with Gasteiger partial charge in [0, 0.05) is 42.5 Å². The fraction of sp³-hybridized carbons (Fsp3) is 0.297. The van der Waals surface area contributed by atoms with Crippen molar-refractivity contribution in [1.82, 2.24) is 4.98 Å². The van der Waals surface area contributed by atoms with Crippen LogP contribution < -0.4 is 16.4 Å². The number of carbonyl (C=O) groups is 3. The molecular formula is C37H40N4O7S. The van der Waals surface area contributed by atoms with Crippen molar-refractivity contribution in [1.29, 1.82) is 0 Å². The van der Waals surface area contributed by atoms with Gasteiger partial charge in [-0.05, 0) is 60.4 Å². The molecule has 1 saturated heterocycles. The molecule has 256 valence electrons. The summed E-state index contributed by atoms with van der Waals surface area (Å²) in [4.78, 5) is 41.0. The molecule has 0 spiro atoms. The van der Waals surface area contributed by atoms with Gasteiger partial charge in [-0.3, -0.25) is 9.59 Å². The van der Waals surface area contributed by atoms with Crippen LogP contribution in [0.15, 0.2) is 96.2 Å². The third-order valence-electron chi connectivity index (χ3n) is 8.01. The number of carbonyl (C=O) groups excluding carboxylic acids is 2. The first kappa shape index (κ1) is 35.6. The summed E-state index contributed by atoms with van der Waals surface area (Å²) in [7, 11) is 0. The molecule has 1 fully saturated rings. The third kappa shape index (κ3) is 10.4. The van der Waals surface area contributed by atoms with Crippen molar-refractivity contribution in [2.24, 2.45) is 0 Å². The van der Waals surface area contributed by atoms with Gasteiger partial charge in [-0.1, -0.05) is 55.0 Å². The lowest BCUT2D eigenvalue weighted by atomic mass is 10.0. The number of aromatic carboxylic acids is 1. The van der Waals surface area contributed by atoms with Crippen LogP contribution in [0.5, 0.6) is 0 Å². The number of unbranched alkanes of at least 4 members (excludes halogenated alkanes) is 2. The predicted molar refractivity (Wildman–Crippen MR) is 188 cm³/mol. The van der Waals surface area contributed by atoms with Crippen LogP contribution in [0.4, 0.5) is 17.1 Å². The first-order valence-electron chi connectivity index (χ1n) is 16.1. The van der Waals surface area contributed by atoms with Crippen LogP contribution in [0.2, 0.25) is 0 Å². The summed E-state index contributed by atoms with van der Waals surface area (Å²) in [6.07, 6.45) is 3.37. The number of nitrogens with two attached hydrogens (primary N) is 1. The highest BCUT2D eigenvalue weighted by Crippen LogP contribution is 2.40. The molecule has 6 N–H and O–H groups in total. The fourth-order valence-corrected chi connectivity index (χ4v) is 6.43. The SMILES string of the molecule is Nc1ccccc1NC(=O)CCCCCC(=O)Nc1cccc(C2OC(CSc3ncccc3C(=O)O)CC(c3ccc(CO)cc3)O2)c1. The second kappa shape index (κ2) is 17.6. The Hall–Kier alpha value is -4.75. The molecule has 4 aromatic rings. The first-order chi connectivity index (χ1) is 23.8. The molecule has 1 aliphatic rings. The lowest BCUT2D eigenvalue weighted by Crippen LogP contribution is -2.31. The molecule has 49 heavy (non-hydrogen) atoms. The number of aliphatic hydroxyl groups excluding tert-OH is 1. The normalized spacial score (nSPS) is 17.3. The number of nitrogen functional groups attached to an aromatic ring is 1. The number of nitrogens with zero attached hydrogens (tertiary/aromatic N) is 1. The van der Waals surface area contributed by atoms with Crippen molar-refractivity contribution < 1.29 is 34.1 Å². The number of carboxylic acid groups (broad SMARTS) is 1. The second-order valence-electron chi connectivity index (χ2n) is 11.7. The lowest BCUT2D eigenvalue weighted by molar-refractivity contribution is -0.245. The van der Waals surface area contributed by atoms with Gasteiger partial charge in [0.2, 0.25) is 11.8 Å². The highest BCUT2D eigenvalue weighted by Gasteiger charge is 2.33. The Morgan fingerprint density at radius 3 is 2.35 bits per heavy atom. The van der Waals surface area contributed by atoms with Gasteiger partial charge >= 0.3 is 5.97 Å². The number of aliphatic hydroxyl groups is 1. The minimum absolute atomic E-state index is 0.0624. The molecule has 3 aromatic carbocycles. The van der Waals surface area contributed by atoms with E-state index in [0.717, 1.165) is 23.1 Å². The van der Waals surface area contributed by atoms with Crippen LogP contribution in [-0.4, -0.2) is 44.8 Å². The van der Waals surface area contributed by atoms with Gasteiger partial charge in [0.15, 0.2) is 6.29 Å². The number of anilines is 3. The van der Waals surface area contributed by atoms with Crippen molar-refractivity contribution in [3.63, 3.8) is 0 Å². The summed E-state index contributed by atoms with van der Waals surface area (Å²) in [6.45, 7) is -0.0624. The molecule has 2 heterocycles. The molecule has 2 amide bonds. The van der Waals surface area contributed by atoms with E-state index in [-0.39, 0.29) is 36.2 Å². The van der Waals surface area contributed by atoms with E-state index in [1.165, 1.54) is 17.8 Å². The number of pyridine rings is 1. The molecule has 1 aliphatic heterocycles. The minimum atomic E-state index is -1.04. The van der Waals surface area contributed by atoms with Crippen molar-refractivity contribution >= 4 is 46.6 Å². The lowest BCUT2D eigenvalue weighted by Gasteiger charge is -2.36. The zero-order valence-corrected chi connectivity index (χ0v) is 27.7. The standard InChI is InChI=1S/C37H40N4O7S/c38-30-11-4-5-12-31(30)41-34(44)14-3-1-2-13-33(43)40-27-9-6-8-26(20-27)37-47-28(23-49-35-29(36(45)46)10-7-19-39-35)21-32(48-37)25-17-15-24(22-42)16-18-25/h4-12,15-20,28,32,37,42H,1-3,13-14,21-23,38H2,(H,40,43)(H,41,44)(H,45,46). The molecule has 11 nitrogen and oxygen atoms in total. The number of aromatic nitrogens is 1. The molecule has 1 aromatic heterocycles. The number of thioether (sulfide) groups is 1. The Bertz CT molecular complexity index is 1740. The number of carboxylic acids is 1. The molecule has 0 saturated carbocycles. The highest BCUT2D eigenvalue weighted by atomic mass is 32.2. The monoisotopic (exact) mass is 684 g/mol. The van der Waals surface area contributed by atoms with Crippen LogP contribution in [-0.2, 0) is 25.7 Å². The average Bonchev–Trinajstić information content (AvgIpc) is 3.11. The summed E-state index contributed by atoms with van der Waals surface area (Å²) in [5.74, 6) is -0.844. The predicted octanol–water partition coefficient (Wildman–Crippen LogP) is 6.72. The first-order valence-corrected chi connectivity index (χ1v) is 17.1. The minimum Gasteiger partial charge on any atom is -0.478 e. The van der Waals surface area contributed by atoms with E-state index in [9.17, 15) is 24.6 Å². The van der Waals surface area contributed by atoms with E-state index in [0.29, 0.717) is 59.9 Å². The molecule has 3 unspecified atom stereocenters. The summed E-state index contributed by atoms with van der Waals surface area (Å²) >= 11 is 1.32. The van der Waals surface area contributed by atoms with Gasteiger partial charge in [-0.15, -0.1) is 11.8 Å². The van der Waals surface area contributed by atoms with E-state index < -0.39 is 12.3 Å². The van der Waals surface area contributed by atoms with Crippen LogP contribution in [0.1, 0.15) is 78.0 Å². The molecule has 12 heteroatoms. The number of hydrogen-bond donors (Lipinski definition) is 5. The number of benzene rings is 3. The number of nitrogens with one attached hydrogen (secondary N) is 2. The number of rotatable bonds is 15. The Morgan fingerprint density at radius 1 is 0.857 bits per heavy atom. The smallest absolute Gasteiger partial charge is 0.338 e. The maximum absolute atomic E-state index is 12.8. The van der Waals surface area contributed by atoms with E-state index in [1.54, 1.807) is 30.5 Å². The van der Waals surface area contributed by atoms with E-state index in [1.807, 2.05) is 54.6 Å². The fourth-order valence-electron chi connectivity index (χ4n) is 5.42. The van der Waals surface area contributed by atoms with Crippen LogP contribution in [0.3, 0.4) is 0 Å². The molecule has 0 radical (unpaired) electrons.